The number of anilines is 1. The largest absolute Gasteiger partial charge is 0.392 e. The van der Waals surface area contributed by atoms with Crippen LogP contribution in [0.2, 0.25) is 0 Å². The van der Waals surface area contributed by atoms with E-state index in [4.69, 9.17) is 18.0 Å². The lowest BCUT2D eigenvalue weighted by atomic mass is 10.1. The molecule has 5 heteroatoms. The van der Waals surface area contributed by atoms with Gasteiger partial charge in [0.15, 0.2) is 0 Å². The smallest absolute Gasteiger partial charge is 0.237 e. The first-order valence-corrected chi connectivity index (χ1v) is 6.99. The molecule has 0 bridgehead atoms. The molecular formula is C13H12N2OS2. The third kappa shape index (κ3) is 1.79. The second kappa shape index (κ2) is 4.03. The fourth-order valence-electron chi connectivity index (χ4n) is 2.01. The van der Waals surface area contributed by atoms with E-state index in [1.165, 1.54) is 4.70 Å². The summed E-state index contributed by atoms with van der Waals surface area (Å²) in [7, 11) is 0. The molecule has 1 heterocycles. The summed E-state index contributed by atoms with van der Waals surface area (Å²) in [5.74, 6) is -0.0791. The molecule has 1 saturated carbocycles. The summed E-state index contributed by atoms with van der Waals surface area (Å²) in [6, 6.07) is 7.93. The number of benzene rings is 1. The molecule has 3 rings (SSSR count). The zero-order valence-electron chi connectivity index (χ0n) is 9.60. The minimum absolute atomic E-state index is 0.0791. The minimum Gasteiger partial charge on any atom is -0.392 e. The molecular weight excluding hydrogens is 264 g/mol. The van der Waals surface area contributed by atoms with Crippen molar-refractivity contribution in [1.82, 2.24) is 0 Å². The summed E-state index contributed by atoms with van der Waals surface area (Å²) in [5.41, 5.74) is 5.83. The molecule has 0 atom stereocenters. The van der Waals surface area contributed by atoms with E-state index < -0.39 is 5.41 Å². The first kappa shape index (κ1) is 11.6. The maximum atomic E-state index is 12.1. The highest BCUT2D eigenvalue weighted by Crippen LogP contribution is 2.46. The van der Waals surface area contributed by atoms with Gasteiger partial charge in [-0.15, -0.1) is 11.3 Å². The number of carbonyl (C=O) groups excluding carboxylic acids is 1. The third-order valence-corrected chi connectivity index (χ3v) is 4.66. The van der Waals surface area contributed by atoms with Crippen molar-refractivity contribution in [2.75, 3.05) is 5.32 Å². The SMILES string of the molecule is NC(=S)C1(C(=O)Nc2ccc3sccc3c2)CC1. The lowest BCUT2D eigenvalue weighted by Gasteiger charge is -2.13. The second-order valence-corrected chi connectivity index (χ2v) is 5.96. The normalized spacial score (nSPS) is 16.4. The Hall–Kier alpha value is -1.46. The number of nitrogens with two attached hydrogens (primary N) is 1. The van der Waals surface area contributed by atoms with Crippen molar-refractivity contribution in [2.45, 2.75) is 12.8 Å². The molecule has 0 saturated heterocycles. The van der Waals surface area contributed by atoms with Crippen LogP contribution in [-0.2, 0) is 4.79 Å². The molecule has 1 aromatic carbocycles. The first-order chi connectivity index (χ1) is 8.62. The van der Waals surface area contributed by atoms with E-state index in [-0.39, 0.29) is 5.91 Å². The van der Waals surface area contributed by atoms with Crippen LogP contribution in [0.25, 0.3) is 10.1 Å². The fourth-order valence-corrected chi connectivity index (χ4v) is 3.07. The summed E-state index contributed by atoms with van der Waals surface area (Å²) in [4.78, 5) is 12.4. The van der Waals surface area contributed by atoms with E-state index in [0.717, 1.165) is 23.9 Å². The van der Waals surface area contributed by atoms with Crippen LogP contribution in [0.5, 0.6) is 0 Å². The molecule has 92 valence electrons. The highest BCUT2D eigenvalue weighted by Gasteiger charge is 2.52. The van der Waals surface area contributed by atoms with Gasteiger partial charge in [0.2, 0.25) is 5.91 Å². The van der Waals surface area contributed by atoms with Gasteiger partial charge in [0, 0.05) is 10.4 Å². The standard InChI is InChI=1S/C13H12N2OS2/c14-11(17)13(4-5-13)12(16)15-9-1-2-10-8(7-9)3-6-18-10/h1-3,6-7H,4-5H2,(H2,14,17)(H,15,16). The van der Waals surface area contributed by atoms with Crippen molar-refractivity contribution in [3.05, 3.63) is 29.6 Å². The predicted molar refractivity (Wildman–Crippen MR) is 78.9 cm³/mol. The number of rotatable bonds is 3. The minimum atomic E-state index is -0.598. The topological polar surface area (TPSA) is 55.1 Å². The molecule has 3 nitrogen and oxygen atoms in total. The van der Waals surface area contributed by atoms with Crippen LogP contribution in [0.3, 0.4) is 0 Å². The molecule has 2 aromatic rings. The van der Waals surface area contributed by atoms with Gasteiger partial charge in [-0.3, -0.25) is 4.79 Å². The number of fused-ring (bicyclic) bond motifs is 1. The summed E-state index contributed by atoms with van der Waals surface area (Å²) in [6.45, 7) is 0. The van der Waals surface area contributed by atoms with Crippen LogP contribution in [0.4, 0.5) is 5.69 Å². The summed E-state index contributed by atoms with van der Waals surface area (Å²) < 4.78 is 1.21. The zero-order chi connectivity index (χ0) is 12.8. The quantitative estimate of drug-likeness (QED) is 0.848. The number of hydrogen-bond acceptors (Lipinski definition) is 3. The Morgan fingerprint density at radius 1 is 1.39 bits per heavy atom. The Bertz CT molecular complexity index is 643. The Morgan fingerprint density at radius 3 is 2.83 bits per heavy atom. The first-order valence-electron chi connectivity index (χ1n) is 5.70. The highest BCUT2D eigenvalue weighted by molar-refractivity contribution is 7.80. The maximum absolute atomic E-state index is 12.1. The lowest BCUT2D eigenvalue weighted by Crippen LogP contribution is -2.34. The van der Waals surface area contributed by atoms with Gasteiger partial charge in [0.05, 0.1) is 10.4 Å². The average Bonchev–Trinajstić information content (AvgIpc) is 3.03. The van der Waals surface area contributed by atoms with Crippen LogP contribution < -0.4 is 11.1 Å². The molecule has 0 radical (unpaired) electrons. The Morgan fingerprint density at radius 2 is 2.17 bits per heavy atom. The van der Waals surface area contributed by atoms with Gasteiger partial charge >= 0.3 is 0 Å². The van der Waals surface area contributed by atoms with E-state index in [2.05, 4.69) is 5.32 Å². The summed E-state index contributed by atoms with van der Waals surface area (Å²) in [5, 5.41) is 6.08. The van der Waals surface area contributed by atoms with Crippen molar-refractivity contribution in [3.8, 4) is 0 Å². The second-order valence-electron chi connectivity index (χ2n) is 4.57. The van der Waals surface area contributed by atoms with Gasteiger partial charge in [0.1, 0.15) is 0 Å². The van der Waals surface area contributed by atoms with Crippen molar-refractivity contribution < 1.29 is 4.79 Å². The van der Waals surface area contributed by atoms with Crippen molar-refractivity contribution in [1.29, 1.82) is 0 Å². The number of thiocarbonyl (C=S) groups is 1. The zero-order valence-corrected chi connectivity index (χ0v) is 11.2. The van der Waals surface area contributed by atoms with E-state index in [1.807, 2.05) is 29.6 Å². The molecule has 18 heavy (non-hydrogen) atoms. The molecule has 0 unspecified atom stereocenters. The molecule has 1 aromatic heterocycles. The van der Waals surface area contributed by atoms with Gasteiger partial charge in [-0.2, -0.15) is 0 Å². The van der Waals surface area contributed by atoms with Crippen molar-refractivity contribution in [2.24, 2.45) is 11.1 Å². The van der Waals surface area contributed by atoms with Crippen LogP contribution in [0.15, 0.2) is 29.6 Å². The number of hydrogen-bond donors (Lipinski definition) is 2. The highest BCUT2D eigenvalue weighted by atomic mass is 32.1. The van der Waals surface area contributed by atoms with Gasteiger partial charge < -0.3 is 11.1 Å². The third-order valence-electron chi connectivity index (χ3n) is 3.37. The number of carbonyl (C=O) groups is 1. The van der Waals surface area contributed by atoms with Crippen LogP contribution >= 0.6 is 23.6 Å². The molecule has 1 aliphatic carbocycles. The molecule has 0 aliphatic heterocycles. The van der Waals surface area contributed by atoms with Crippen LogP contribution in [0.1, 0.15) is 12.8 Å². The van der Waals surface area contributed by atoms with Gasteiger partial charge in [-0.1, -0.05) is 12.2 Å². The molecule has 0 spiro atoms. The van der Waals surface area contributed by atoms with Crippen molar-refractivity contribution >= 4 is 50.2 Å². The Labute approximate surface area is 114 Å². The van der Waals surface area contributed by atoms with Crippen LogP contribution in [0, 0.1) is 5.41 Å². The van der Waals surface area contributed by atoms with Gasteiger partial charge in [-0.25, -0.2) is 0 Å². The Kier molecular flexibility index (Phi) is 2.60. The number of nitrogens with one attached hydrogen (secondary N) is 1. The van der Waals surface area contributed by atoms with Crippen molar-refractivity contribution in [3.63, 3.8) is 0 Å². The van der Waals surface area contributed by atoms with Gasteiger partial charge in [-0.05, 0) is 47.9 Å². The maximum Gasteiger partial charge on any atom is 0.237 e. The monoisotopic (exact) mass is 276 g/mol. The summed E-state index contributed by atoms with van der Waals surface area (Å²) >= 11 is 6.65. The molecule has 1 aliphatic rings. The average molecular weight is 276 g/mol. The van der Waals surface area contributed by atoms with Crippen LogP contribution in [-0.4, -0.2) is 10.9 Å². The van der Waals surface area contributed by atoms with Gasteiger partial charge in [0.25, 0.3) is 0 Å². The summed E-state index contributed by atoms with van der Waals surface area (Å²) in [6.07, 6.45) is 1.52. The predicted octanol–water partition coefficient (Wildman–Crippen LogP) is 2.91. The molecule has 3 N–H and O–H groups in total. The van der Waals surface area contributed by atoms with E-state index in [1.54, 1.807) is 11.3 Å². The fraction of sp³-hybridized carbons (Fsp3) is 0.231. The molecule has 1 amide bonds. The lowest BCUT2D eigenvalue weighted by molar-refractivity contribution is -0.118. The van der Waals surface area contributed by atoms with E-state index >= 15 is 0 Å². The van der Waals surface area contributed by atoms with E-state index in [0.29, 0.717) is 4.99 Å². The number of thiophene rings is 1. The van der Waals surface area contributed by atoms with E-state index in [9.17, 15) is 4.79 Å². The molecule has 1 fully saturated rings. The number of amides is 1. The Balaban J connectivity index is 1.84.